The molecule has 1 aromatic heterocycles. The van der Waals surface area contributed by atoms with Crippen LogP contribution in [0.1, 0.15) is 39.4 Å². The highest BCUT2D eigenvalue weighted by Crippen LogP contribution is 2.26. The summed E-state index contributed by atoms with van der Waals surface area (Å²) < 4.78 is 13.8. The Labute approximate surface area is 205 Å². The summed E-state index contributed by atoms with van der Waals surface area (Å²) >= 11 is 0. The first-order valence-corrected chi connectivity index (χ1v) is 12.1. The molecule has 5 rings (SSSR count). The normalized spacial score (nSPS) is 14.3. The summed E-state index contributed by atoms with van der Waals surface area (Å²) in [5.74, 6) is 1.42. The third-order valence-electron chi connectivity index (χ3n) is 6.65. The number of nitrogens with zero attached hydrogens (tertiary/aromatic N) is 4. The van der Waals surface area contributed by atoms with E-state index < -0.39 is 0 Å². The van der Waals surface area contributed by atoms with Crippen molar-refractivity contribution in [3.63, 3.8) is 0 Å². The standard InChI is InChI=1S/C29H29FN4O/c1-20-27(18-22-7-5-10-26(30)17-22)28(32-21(2)31-20)33-13-6-14-34(16-15-33)29(35)25-12-11-23-8-3-4-9-24(23)19-25/h3-5,7-12,17,19H,6,13-16,18H2,1-2H3. The predicted octanol–water partition coefficient (Wildman–Crippen LogP) is 5.33. The van der Waals surface area contributed by atoms with Crippen LogP contribution in [0.4, 0.5) is 10.2 Å². The second kappa shape index (κ2) is 9.82. The lowest BCUT2D eigenvalue weighted by atomic mass is 10.0. The first-order valence-electron chi connectivity index (χ1n) is 12.1. The molecule has 4 aromatic rings. The van der Waals surface area contributed by atoms with Crippen LogP contribution in [0.15, 0.2) is 66.7 Å². The SMILES string of the molecule is Cc1nc(C)c(Cc2cccc(F)c2)c(N2CCCN(C(=O)c3ccc4ccccc4c3)CC2)n1. The summed E-state index contributed by atoms with van der Waals surface area (Å²) in [6.45, 7) is 6.69. The minimum Gasteiger partial charge on any atom is -0.354 e. The maximum absolute atomic E-state index is 13.8. The third-order valence-corrected chi connectivity index (χ3v) is 6.65. The Balaban J connectivity index is 1.37. The summed E-state index contributed by atoms with van der Waals surface area (Å²) in [6, 6.07) is 20.7. The van der Waals surface area contributed by atoms with Crippen LogP contribution in [0.2, 0.25) is 0 Å². The lowest BCUT2D eigenvalue weighted by Gasteiger charge is -2.26. The van der Waals surface area contributed by atoms with E-state index in [0.29, 0.717) is 31.9 Å². The number of benzene rings is 3. The molecule has 1 aliphatic heterocycles. The minimum absolute atomic E-state index is 0.0626. The Hall–Kier alpha value is -3.80. The number of halogens is 1. The Bertz CT molecular complexity index is 1390. The Morgan fingerprint density at radius 1 is 0.886 bits per heavy atom. The lowest BCUT2D eigenvalue weighted by Crippen LogP contribution is -2.35. The molecule has 0 unspecified atom stereocenters. The molecule has 5 nitrogen and oxygen atoms in total. The zero-order valence-electron chi connectivity index (χ0n) is 20.2. The van der Waals surface area contributed by atoms with E-state index >= 15 is 0 Å². The van der Waals surface area contributed by atoms with Crippen molar-refractivity contribution in [3.8, 4) is 0 Å². The van der Waals surface area contributed by atoms with Gasteiger partial charge in [0, 0.05) is 49.4 Å². The molecule has 2 heterocycles. The van der Waals surface area contributed by atoms with E-state index in [9.17, 15) is 9.18 Å². The molecule has 1 amide bonds. The number of fused-ring (bicyclic) bond motifs is 1. The maximum atomic E-state index is 13.8. The van der Waals surface area contributed by atoms with E-state index in [-0.39, 0.29) is 11.7 Å². The number of rotatable bonds is 4. The number of aromatic nitrogens is 2. The van der Waals surface area contributed by atoms with Crippen molar-refractivity contribution in [2.45, 2.75) is 26.7 Å². The number of carbonyl (C=O) groups excluding carboxylic acids is 1. The van der Waals surface area contributed by atoms with Crippen LogP contribution in [0, 0.1) is 19.7 Å². The Morgan fingerprint density at radius 2 is 1.71 bits per heavy atom. The summed E-state index contributed by atoms with van der Waals surface area (Å²) in [4.78, 5) is 26.9. The van der Waals surface area contributed by atoms with Crippen molar-refractivity contribution >= 4 is 22.5 Å². The molecule has 0 aliphatic carbocycles. The molecule has 1 saturated heterocycles. The molecule has 35 heavy (non-hydrogen) atoms. The van der Waals surface area contributed by atoms with Crippen molar-refractivity contribution in [1.29, 1.82) is 0 Å². The molecule has 6 heteroatoms. The van der Waals surface area contributed by atoms with Gasteiger partial charge < -0.3 is 9.80 Å². The minimum atomic E-state index is -0.243. The molecule has 1 fully saturated rings. The molecular formula is C29H29FN4O. The fourth-order valence-electron chi connectivity index (χ4n) is 4.87. The largest absolute Gasteiger partial charge is 0.354 e. The maximum Gasteiger partial charge on any atom is 0.253 e. The topological polar surface area (TPSA) is 49.3 Å². The van der Waals surface area contributed by atoms with Crippen LogP contribution in [-0.2, 0) is 6.42 Å². The number of amides is 1. The van der Waals surface area contributed by atoms with E-state index in [1.54, 1.807) is 12.1 Å². The first-order chi connectivity index (χ1) is 17.0. The number of aryl methyl sites for hydroxylation is 2. The molecular weight excluding hydrogens is 439 g/mol. The quantitative estimate of drug-likeness (QED) is 0.406. The van der Waals surface area contributed by atoms with Crippen molar-refractivity contribution in [3.05, 3.63) is 101 Å². The molecule has 0 radical (unpaired) electrons. The summed E-state index contributed by atoms with van der Waals surface area (Å²) in [7, 11) is 0. The van der Waals surface area contributed by atoms with Crippen LogP contribution in [0.3, 0.4) is 0 Å². The van der Waals surface area contributed by atoms with Crippen molar-refractivity contribution in [1.82, 2.24) is 14.9 Å². The van der Waals surface area contributed by atoms with E-state index in [2.05, 4.69) is 16.0 Å². The van der Waals surface area contributed by atoms with Gasteiger partial charge in [-0.1, -0.05) is 42.5 Å². The fraction of sp³-hybridized carbons (Fsp3) is 0.276. The van der Waals surface area contributed by atoms with Crippen molar-refractivity contribution in [2.75, 3.05) is 31.1 Å². The van der Waals surface area contributed by atoms with Gasteiger partial charge in [-0.15, -0.1) is 0 Å². The lowest BCUT2D eigenvalue weighted by molar-refractivity contribution is 0.0767. The number of anilines is 1. The van der Waals surface area contributed by atoms with Crippen LogP contribution in [0.25, 0.3) is 10.8 Å². The highest BCUT2D eigenvalue weighted by molar-refractivity contribution is 5.98. The number of hydrogen-bond acceptors (Lipinski definition) is 4. The second-order valence-electron chi connectivity index (χ2n) is 9.16. The number of hydrogen-bond donors (Lipinski definition) is 0. The number of carbonyl (C=O) groups is 1. The van der Waals surface area contributed by atoms with Gasteiger partial charge in [-0.3, -0.25) is 4.79 Å². The fourth-order valence-corrected chi connectivity index (χ4v) is 4.87. The van der Waals surface area contributed by atoms with Crippen LogP contribution in [-0.4, -0.2) is 47.0 Å². The van der Waals surface area contributed by atoms with Crippen LogP contribution in [0.5, 0.6) is 0 Å². The molecule has 0 bridgehead atoms. The van der Waals surface area contributed by atoms with Gasteiger partial charge in [0.05, 0.1) is 0 Å². The molecule has 0 N–H and O–H groups in total. The van der Waals surface area contributed by atoms with Crippen molar-refractivity contribution < 1.29 is 9.18 Å². The van der Waals surface area contributed by atoms with E-state index in [4.69, 9.17) is 4.98 Å². The molecule has 0 atom stereocenters. The molecule has 3 aromatic carbocycles. The van der Waals surface area contributed by atoms with Gasteiger partial charge in [0.2, 0.25) is 0 Å². The predicted molar refractivity (Wildman–Crippen MR) is 137 cm³/mol. The zero-order chi connectivity index (χ0) is 24.4. The highest BCUT2D eigenvalue weighted by Gasteiger charge is 2.24. The third kappa shape index (κ3) is 5.02. The van der Waals surface area contributed by atoms with Gasteiger partial charge in [0.1, 0.15) is 17.5 Å². The van der Waals surface area contributed by atoms with Gasteiger partial charge in [-0.2, -0.15) is 0 Å². The van der Waals surface area contributed by atoms with Gasteiger partial charge in [0.25, 0.3) is 5.91 Å². The van der Waals surface area contributed by atoms with E-state index in [1.807, 2.05) is 61.2 Å². The molecule has 0 spiro atoms. The summed E-state index contributed by atoms with van der Waals surface area (Å²) in [5.41, 5.74) is 3.53. The zero-order valence-corrected chi connectivity index (χ0v) is 20.2. The van der Waals surface area contributed by atoms with Gasteiger partial charge >= 0.3 is 0 Å². The van der Waals surface area contributed by atoms with Gasteiger partial charge in [-0.05, 0) is 60.9 Å². The first kappa shape index (κ1) is 23.0. The van der Waals surface area contributed by atoms with Gasteiger partial charge in [-0.25, -0.2) is 14.4 Å². The Morgan fingerprint density at radius 3 is 2.54 bits per heavy atom. The van der Waals surface area contributed by atoms with E-state index in [1.165, 1.54) is 6.07 Å². The van der Waals surface area contributed by atoms with Crippen LogP contribution < -0.4 is 4.90 Å². The van der Waals surface area contributed by atoms with Gasteiger partial charge in [0.15, 0.2) is 0 Å². The summed E-state index contributed by atoms with van der Waals surface area (Å²) in [5, 5.41) is 2.20. The van der Waals surface area contributed by atoms with E-state index in [0.717, 1.165) is 51.9 Å². The second-order valence-corrected chi connectivity index (χ2v) is 9.16. The van der Waals surface area contributed by atoms with Crippen molar-refractivity contribution in [2.24, 2.45) is 0 Å². The molecule has 0 saturated carbocycles. The summed E-state index contributed by atoms with van der Waals surface area (Å²) in [6.07, 6.45) is 1.41. The average Bonchev–Trinajstić information content (AvgIpc) is 3.11. The van der Waals surface area contributed by atoms with Crippen LogP contribution >= 0.6 is 0 Å². The monoisotopic (exact) mass is 468 g/mol. The highest BCUT2D eigenvalue weighted by atomic mass is 19.1. The molecule has 1 aliphatic rings. The Kier molecular flexibility index (Phi) is 6.45. The molecule has 178 valence electrons. The average molecular weight is 469 g/mol. The smallest absolute Gasteiger partial charge is 0.253 e.